The van der Waals surface area contributed by atoms with Crippen molar-refractivity contribution in [2.45, 2.75) is 57.7 Å². The number of carbonyl (C=O) groups excluding carboxylic acids is 1. The van der Waals surface area contributed by atoms with Crippen LogP contribution in [0.15, 0.2) is 40.9 Å². The molecule has 1 saturated heterocycles. The third-order valence-corrected chi connectivity index (χ3v) is 6.46. The summed E-state index contributed by atoms with van der Waals surface area (Å²) in [7, 11) is 0. The third kappa shape index (κ3) is 4.00. The molecule has 2 aliphatic heterocycles. The van der Waals surface area contributed by atoms with Crippen molar-refractivity contribution < 1.29 is 18.7 Å². The number of anilines is 1. The molecule has 0 spiro atoms. The average Bonchev–Trinajstić information content (AvgIpc) is 2.86. The first-order valence-corrected chi connectivity index (χ1v) is 11.3. The van der Waals surface area contributed by atoms with Crippen LogP contribution in [0.1, 0.15) is 51.1 Å². The van der Waals surface area contributed by atoms with E-state index >= 15 is 0 Å². The number of nitrogens with one attached hydrogen (secondary N) is 1. The molecule has 4 rings (SSSR count). The van der Waals surface area contributed by atoms with Gasteiger partial charge >= 0.3 is 6.09 Å². The van der Waals surface area contributed by atoms with E-state index in [1.54, 1.807) is 0 Å². The summed E-state index contributed by atoms with van der Waals surface area (Å²) in [6.07, 6.45) is 2.79. The van der Waals surface area contributed by atoms with Crippen LogP contribution in [0.4, 0.5) is 14.9 Å². The van der Waals surface area contributed by atoms with Crippen molar-refractivity contribution in [2.75, 3.05) is 11.4 Å². The molecule has 2 heterocycles. The second-order valence-corrected chi connectivity index (χ2v) is 8.60. The molecule has 2 aromatic rings. The van der Waals surface area contributed by atoms with Crippen LogP contribution in [-0.2, 0) is 4.74 Å². The van der Waals surface area contributed by atoms with E-state index < -0.39 is 6.09 Å². The van der Waals surface area contributed by atoms with Crippen molar-refractivity contribution in [1.29, 1.82) is 0 Å². The van der Waals surface area contributed by atoms with E-state index in [4.69, 9.17) is 9.47 Å². The number of nitrogens with zero attached hydrogens (tertiary/aromatic N) is 1. The number of alkyl carbamates (subject to hydrolysis) is 1. The highest BCUT2D eigenvalue weighted by atomic mass is 79.9. The number of benzene rings is 2. The number of hydrogen-bond donors (Lipinski definition) is 1. The van der Waals surface area contributed by atoms with Gasteiger partial charge in [0.25, 0.3) is 0 Å². The Balaban J connectivity index is 1.73. The van der Waals surface area contributed by atoms with Crippen molar-refractivity contribution in [1.82, 2.24) is 5.32 Å². The molecule has 1 fully saturated rings. The van der Waals surface area contributed by atoms with Gasteiger partial charge in [-0.2, -0.15) is 0 Å². The molecule has 30 heavy (non-hydrogen) atoms. The first-order chi connectivity index (χ1) is 14.5. The Morgan fingerprint density at radius 3 is 2.83 bits per heavy atom. The summed E-state index contributed by atoms with van der Waals surface area (Å²) in [4.78, 5) is 14.8. The minimum absolute atomic E-state index is 0.0905. The van der Waals surface area contributed by atoms with Crippen LogP contribution >= 0.6 is 15.9 Å². The normalized spacial score (nSPS) is 19.8. The lowest BCUT2D eigenvalue weighted by Gasteiger charge is -2.42. The highest BCUT2D eigenvalue weighted by Crippen LogP contribution is 2.50. The minimum atomic E-state index is -0.392. The van der Waals surface area contributed by atoms with E-state index in [-0.39, 0.29) is 24.0 Å². The smallest absolute Gasteiger partial charge is 0.407 e. The van der Waals surface area contributed by atoms with Crippen LogP contribution in [0.3, 0.4) is 0 Å². The first kappa shape index (κ1) is 21.0. The van der Waals surface area contributed by atoms with Gasteiger partial charge in [-0.25, -0.2) is 9.18 Å². The highest BCUT2D eigenvalue weighted by molar-refractivity contribution is 9.10. The maximum atomic E-state index is 14.1. The van der Waals surface area contributed by atoms with Crippen LogP contribution in [0, 0.1) is 5.82 Å². The quantitative estimate of drug-likeness (QED) is 0.560. The number of carbonyl (C=O) groups is 1. The summed E-state index contributed by atoms with van der Waals surface area (Å²) in [6.45, 7) is 4.80. The number of para-hydroxylation sites is 1. The lowest BCUT2D eigenvalue weighted by atomic mass is 9.89. The molecule has 7 heteroatoms. The second kappa shape index (κ2) is 8.84. The summed E-state index contributed by atoms with van der Waals surface area (Å²) in [5.74, 6) is 0.778. The van der Waals surface area contributed by atoms with Crippen LogP contribution in [-0.4, -0.2) is 24.8 Å². The van der Waals surface area contributed by atoms with Crippen LogP contribution < -0.4 is 15.0 Å². The van der Waals surface area contributed by atoms with Crippen molar-refractivity contribution >= 4 is 27.7 Å². The summed E-state index contributed by atoms with van der Waals surface area (Å²) in [5, 5.41) is 3.10. The van der Waals surface area contributed by atoms with Crippen molar-refractivity contribution in [2.24, 2.45) is 0 Å². The monoisotopic (exact) mass is 476 g/mol. The Labute approximate surface area is 184 Å². The fourth-order valence-electron chi connectivity index (χ4n) is 4.41. The minimum Gasteiger partial charge on any atom is -0.455 e. The largest absolute Gasteiger partial charge is 0.455 e. The molecule has 1 amide bonds. The lowest BCUT2D eigenvalue weighted by Crippen LogP contribution is -2.50. The number of piperidine rings is 1. The number of hydrogen-bond acceptors (Lipinski definition) is 4. The topological polar surface area (TPSA) is 50.8 Å². The van der Waals surface area contributed by atoms with Crippen molar-refractivity contribution in [3.05, 3.63) is 52.3 Å². The van der Waals surface area contributed by atoms with Gasteiger partial charge in [-0.3, -0.25) is 0 Å². The zero-order chi connectivity index (χ0) is 21.3. The molecule has 2 aromatic carbocycles. The Morgan fingerprint density at radius 1 is 1.30 bits per heavy atom. The van der Waals surface area contributed by atoms with Gasteiger partial charge in [-0.15, -0.1) is 0 Å². The van der Waals surface area contributed by atoms with E-state index in [9.17, 15) is 9.18 Å². The molecule has 0 aromatic heterocycles. The molecule has 2 atom stereocenters. The van der Waals surface area contributed by atoms with Gasteiger partial charge in [0.2, 0.25) is 0 Å². The van der Waals surface area contributed by atoms with E-state index in [0.717, 1.165) is 43.5 Å². The average molecular weight is 477 g/mol. The molecule has 0 unspecified atom stereocenters. The molecular weight excluding hydrogens is 451 g/mol. The van der Waals surface area contributed by atoms with E-state index in [0.29, 0.717) is 16.0 Å². The maximum absolute atomic E-state index is 14.1. The molecule has 0 aliphatic carbocycles. The van der Waals surface area contributed by atoms with Gasteiger partial charge in [0, 0.05) is 22.6 Å². The molecular formula is C23H26BrFN2O3. The van der Waals surface area contributed by atoms with Crippen LogP contribution in [0.25, 0.3) is 0 Å². The Morgan fingerprint density at radius 2 is 2.07 bits per heavy atom. The zero-order valence-corrected chi connectivity index (χ0v) is 18.7. The number of rotatable bonds is 4. The predicted octanol–water partition coefficient (Wildman–Crippen LogP) is 6.32. The number of halogens is 2. The Hall–Kier alpha value is -2.28. The number of ether oxygens (including phenoxy) is 2. The van der Waals surface area contributed by atoms with Gasteiger partial charge in [0.05, 0.1) is 17.8 Å². The molecule has 0 saturated carbocycles. The molecule has 1 N–H and O–H groups in total. The second-order valence-electron chi connectivity index (χ2n) is 7.75. The molecule has 0 bridgehead atoms. The van der Waals surface area contributed by atoms with Gasteiger partial charge in [0.15, 0.2) is 5.75 Å². The molecule has 2 aliphatic rings. The predicted molar refractivity (Wildman–Crippen MR) is 118 cm³/mol. The summed E-state index contributed by atoms with van der Waals surface area (Å²) in [5.41, 5.74) is 1.77. The van der Waals surface area contributed by atoms with Crippen LogP contribution in [0.5, 0.6) is 11.5 Å². The fourth-order valence-corrected chi connectivity index (χ4v) is 5.05. The molecule has 5 nitrogen and oxygen atoms in total. The Kier molecular flexibility index (Phi) is 6.18. The first-order valence-electron chi connectivity index (χ1n) is 10.5. The van der Waals surface area contributed by atoms with E-state index in [1.807, 2.05) is 38.1 Å². The van der Waals surface area contributed by atoms with Gasteiger partial charge in [-0.1, -0.05) is 32.0 Å². The van der Waals surface area contributed by atoms with Crippen molar-refractivity contribution in [3.8, 4) is 11.5 Å². The van der Waals surface area contributed by atoms with Gasteiger partial charge in [-0.05, 0) is 53.7 Å². The maximum Gasteiger partial charge on any atom is 0.407 e. The van der Waals surface area contributed by atoms with E-state index in [1.165, 1.54) is 12.1 Å². The molecule has 160 valence electrons. The fraction of sp³-hybridized carbons (Fsp3) is 0.435. The van der Waals surface area contributed by atoms with Gasteiger partial charge < -0.3 is 19.7 Å². The van der Waals surface area contributed by atoms with Gasteiger partial charge in [0.1, 0.15) is 17.7 Å². The number of amides is 1. The molecule has 0 radical (unpaired) electrons. The summed E-state index contributed by atoms with van der Waals surface area (Å²) < 4.78 is 26.5. The standard InChI is InChI=1S/C23H26BrFN2O3/c1-3-15(4-2)29-23(28)26-18-9-7-11-27-21(18)16-8-5-6-10-19(16)30-20-13-14(25)12-17(24)22(20)27/h5-6,8,10,12-13,15,18,21H,3-4,7,9,11H2,1-2H3,(H,26,28)/t18-,21-/m0/s1. The zero-order valence-electron chi connectivity index (χ0n) is 17.2. The summed E-state index contributed by atoms with van der Waals surface area (Å²) >= 11 is 3.52. The lowest BCUT2D eigenvalue weighted by molar-refractivity contribution is 0.0875. The van der Waals surface area contributed by atoms with Crippen molar-refractivity contribution in [3.63, 3.8) is 0 Å². The number of fused-ring (bicyclic) bond motifs is 5. The SMILES string of the molecule is CCC(CC)OC(=O)N[C@H]1CCCN2c3c(Br)cc(F)cc3Oc3ccccc3[C@@H]12. The summed E-state index contributed by atoms with van der Waals surface area (Å²) in [6, 6.07) is 10.3. The highest BCUT2D eigenvalue weighted by Gasteiger charge is 2.40. The van der Waals surface area contributed by atoms with E-state index in [2.05, 4.69) is 26.1 Å². The van der Waals surface area contributed by atoms with Crippen LogP contribution in [0.2, 0.25) is 0 Å². The third-order valence-electron chi connectivity index (χ3n) is 5.86. The Bertz CT molecular complexity index is 935.